The molecule has 1 heteroatoms. The molecule has 0 saturated heterocycles. The van der Waals surface area contributed by atoms with Crippen molar-refractivity contribution in [1.29, 1.82) is 0 Å². The zero-order valence-corrected chi connectivity index (χ0v) is 9.30. The average molecular weight is 217 g/mol. The second-order valence-electron chi connectivity index (χ2n) is 4.52. The molecule has 1 heterocycles. The molecule has 0 N–H and O–H groups in total. The van der Waals surface area contributed by atoms with E-state index in [2.05, 4.69) is 59.6 Å². The number of rotatable bonds is 0. The van der Waals surface area contributed by atoms with Gasteiger partial charge in [0.1, 0.15) is 0 Å². The largest absolute Gasteiger partial charge is 0.260 e. The monoisotopic (exact) mass is 217 g/mol. The molecule has 0 spiro atoms. The number of benzene rings is 1. The minimum Gasteiger partial charge on any atom is -0.260 e. The third kappa shape index (κ3) is 1.17. The van der Waals surface area contributed by atoms with Crippen LogP contribution in [0.3, 0.4) is 0 Å². The Hall–Kier alpha value is -2.15. The highest BCUT2D eigenvalue weighted by molar-refractivity contribution is 6.12. The van der Waals surface area contributed by atoms with E-state index in [0.717, 1.165) is 0 Å². The Kier molecular flexibility index (Phi) is 1.67. The molecule has 1 unspecified atom stereocenters. The SMILES string of the molecule is C1=CC2=Cc3ccccc3C3=NC=CC(=C1)C23. The Morgan fingerprint density at radius 1 is 1.00 bits per heavy atom. The van der Waals surface area contributed by atoms with Gasteiger partial charge in [-0.2, -0.15) is 0 Å². The van der Waals surface area contributed by atoms with Crippen molar-refractivity contribution in [3.63, 3.8) is 0 Å². The molecule has 0 fully saturated rings. The Labute approximate surface area is 100 Å². The number of aliphatic imine (C=N–C) groups is 1. The van der Waals surface area contributed by atoms with Crippen molar-refractivity contribution in [3.8, 4) is 0 Å². The van der Waals surface area contributed by atoms with E-state index in [4.69, 9.17) is 0 Å². The Morgan fingerprint density at radius 3 is 2.94 bits per heavy atom. The molecule has 1 aliphatic heterocycles. The van der Waals surface area contributed by atoms with E-state index in [0.29, 0.717) is 5.92 Å². The summed E-state index contributed by atoms with van der Waals surface area (Å²) in [5.74, 6) is 0.347. The summed E-state index contributed by atoms with van der Waals surface area (Å²) in [7, 11) is 0. The summed E-state index contributed by atoms with van der Waals surface area (Å²) in [6.07, 6.45) is 12.8. The second-order valence-corrected chi connectivity index (χ2v) is 4.52. The second kappa shape index (κ2) is 3.17. The Morgan fingerprint density at radius 2 is 1.94 bits per heavy atom. The molecular weight excluding hydrogens is 206 g/mol. The number of allylic oxidation sites excluding steroid dienone is 6. The summed E-state index contributed by atoms with van der Waals surface area (Å²) in [5, 5.41) is 0. The van der Waals surface area contributed by atoms with Gasteiger partial charge in [0.25, 0.3) is 0 Å². The van der Waals surface area contributed by atoms with Crippen LogP contribution in [0.4, 0.5) is 0 Å². The molecule has 1 aromatic carbocycles. The van der Waals surface area contributed by atoms with Crippen LogP contribution >= 0.6 is 0 Å². The molecule has 80 valence electrons. The lowest BCUT2D eigenvalue weighted by molar-refractivity contribution is 0.974. The van der Waals surface area contributed by atoms with Crippen molar-refractivity contribution < 1.29 is 0 Å². The van der Waals surface area contributed by atoms with Crippen LogP contribution in [0.25, 0.3) is 6.08 Å². The molecule has 1 aromatic rings. The smallest absolute Gasteiger partial charge is 0.0600 e. The third-order valence-corrected chi connectivity index (χ3v) is 3.56. The van der Waals surface area contributed by atoms with Gasteiger partial charge in [-0.3, -0.25) is 4.99 Å². The highest BCUT2D eigenvalue weighted by Crippen LogP contribution is 2.38. The van der Waals surface area contributed by atoms with Crippen LogP contribution in [-0.2, 0) is 0 Å². The maximum atomic E-state index is 4.60. The van der Waals surface area contributed by atoms with Crippen LogP contribution in [0.5, 0.6) is 0 Å². The molecule has 0 saturated carbocycles. The lowest BCUT2D eigenvalue weighted by Crippen LogP contribution is -2.26. The quantitative estimate of drug-likeness (QED) is 0.630. The fourth-order valence-corrected chi connectivity index (χ4v) is 2.79. The normalized spacial score (nSPS) is 23.3. The van der Waals surface area contributed by atoms with Crippen LogP contribution in [0, 0.1) is 5.92 Å². The van der Waals surface area contributed by atoms with Gasteiger partial charge < -0.3 is 0 Å². The molecule has 17 heavy (non-hydrogen) atoms. The first-order valence-electron chi connectivity index (χ1n) is 5.87. The first kappa shape index (κ1) is 8.94. The molecule has 0 aromatic heterocycles. The first-order valence-corrected chi connectivity index (χ1v) is 5.87. The van der Waals surface area contributed by atoms with Gasteiger partial charge in [-0.25, -0.2) is 0 Å². The highest BCUT2D eigenvalue weighted by Gasteiger charge is 2.30. The summed E-state index contributed by atoms with van der Waals surface area (Å²) < 4.78 is 0. The van der Waals surface area contributed by atoms with E-state index < -0.39 is 0 Å². The first-order chi connectivity index (χ1) is 8.43. The van der Waals surface area contributed by atoms with Crippen LogP contribution in [0.1, 0.15) is 11.1 Å². The van der Waals surface area contributed by atoms with E-state index in [-0.39, 0.29) is 0 Å². The molecule has 2 aliphatic carbocycles. The molecule has 1 atom stereocenters. The number of nitrogens with zero attached hydrogens (tertiary/aromatic N) is 1. The summed E-state index contributed by atoms with van der Waals surface area (Å²) in [4.78, 5) is 4.60. The topological polar surface area (TPSA) is 12.4 Å². The Balaban J connectivity index is 2.06. The van der Waals surface area contributed by atoms with Gasteiger partial charge in [0, 0.05) is 11.8 Å². The van der Waals surface area contributed by atoms with Crippen molar-refractivity contribution in [2.75, 3.05) is 0 Å². The van der Waals surface area contributed by atoms with Crippen LogP contribution < -0.4 is 0 Å². The summed E-state index contributed by atoms with van der Waals surface area (Å²) in [6.45, 7) is 0. The maximum absolute atomic E-state index is 4.60. The van der Waals surface area contributed by atoms with E-state index in [1.807, 2.05) is 6.20 Å². The summed E-state index contributed by atoms with van der Waals surface area (Å²) >= 11 is 0. The zero-order valence-electron chi connectivity index (χ0n) is 9.30. The van der Waals surface area contributed by atoms with Crippen molar-refractivity contribution in [3.05, 3.63) is 77.0 Å². The predicted molar refractivity (Wildman–Crippen MR) is 70.8 cm³/mol. The molecule has 0 bridgehead atoms. The molecule has 1 nitrogen and oxygen atoms in total. The van der Waals surface area contributed by atoms with Crippen molar-refractivity contribution in [1.82, 2.24) is 0 Å². The van der Waals surface area contributed by atoms with Gasteiger partial charge in [-0.1, -0.05) is 48.6 Å². The van der Waals surface area contributed by atoms with Crippen LogP contribution in [0.2, 0.25) is 0 Å². The van der Waals surface area contributed by atoms with Gasteiger partial charge in [0.2, 0.25) is 0 Å². The molecular formula is C16H11N. The molecule has 0 radical (unpaired) electrons. The van der Waals surface area contributed by atoms with Crippen molar-refractivity contribution in [2.24, 2.45) is 10.9 Å². The van der Waals surface area contributed by atoms with E-state index in [1.165, 1.54) is 28.0 Å². The lowest BCUT2D eigenvalue weighted by atomic mass is 9.74. The fraction of sp³-hybridized carbons (Fsp3) is 0.0625. The highest BCUT2D eigenvalue weighted by atomic mass is 14.7. The fourth-order valence-electron chi connectivity index (χ4n) is 2.79. The minimum absolute atomic E-state index is 0.347. The maximum Gasteiger partial charge on any atom is 0.0600 e. The molecule has 4 rings (SSSR count). The van der Waals surface area contributed by atoms with Gasteiger partial charge in [0.15, 0.2) is 0 Å². The molecule has 0 amide bonds. The molecule has 3 aliphatic rings. The summed E-state index contributed by atoms with van der Waals surface area (Å²) in [6, 6.07) is 8.49. The van der Waals surface area contributed by atoms with Gasteiger partial charge in [-0.05, 0) is 22.8 Å². The number of hydrogen-bond donors (Lipinski definition) is 0. The zero-order chi connectivity index (χ0) is 11.2. The Bertz CT molecular complexity index is 654. The summed E-state index contributed by atoms with van der Waals surface area (Å²) in [5.41, 5.74) is 6.43. The van der Waals surface area contributed by atoms with Gasteiger partial charge in [0.05, 0.1) is 11.6 Å². The van der Waals surface area contributed by atoms with Gasteiger partial charge >= 0.3 is 0 Å². The average Bonchev–Trinajstić information content (AvgIpc) is 2.39. The van der Waals surface area contributed by atoms with E-state index in [1.54, 1.807) is 0 Å². The lowest BCUT2D eigenvalue weighted by Gasteiger charge is -2.30. The minimum atomic E-state index is 0.347. The van der Waals surface area contributed by atoms with Crippen LogP contribution in [-0.4, -0.2) is 5.71 Å². The van der Waals surface area contributed by atoms with E-state index >= 15 is 0 Å². The third-order valence-electron chi connectivity index (χ3n) is 3.56. The number of hydrogen-bond acceptors (Lipinski definition) is 1. The van der Waals surface area contributed by atoms with Crippen LogP contribution in [0.15, 0.2) is 70.9 Å². The van der Waals surface area contributed by atoms with Crippen molar-refractivity contribution >= 4 is 11.8 Å². The van der Waals surface area contributed by atoms with Gasteiger partial charge in [-0.15, -0.1) is 0 Å². The van der Waals surface area contributed by atoms with Crippen molar-refractivity contribution in [2.45, 2.75) is 0 Å². The predicted octanol–water partition coefficient (Wildman–Crippen LogP) is 3.51. The van der Waals surface area contributed by atoms with E-state index in [9.17, 15) is 0 Å². The standard InChI is InChI=1S/C16H11N/c1-2-7-14-12(4-1)10-13-6-3-5-11-8-9-17-16(14)15(11)13/h1-10,15H. The number of fused-ring (bicyclic) bond motifs is 2.